The lowest BCUT2D eigenvalue weighted by Gasteiger charge is -2.18. The number of aliphatic hydroxyl groups is 1. The maximum atomic E-state index is 11.4. The van der Waals surface area contributed by atoms with Gasteiger partial charge in [-0.05, 0) is 26.0 Å². The van der Waals surface area contributed by atoms with E-state index >= 15 is 0 Å². The topological polar surface area (TPSA) is 58.6 Å². The summed E-state index contributed by atoms with van der Waals surface area (Å²) in [6, 6.07) is -0.651. The highest BCUT2D eigenvalue weighted by Crippen LogP contribution is 2.01. The van der Waals surface area contributed by atoms with Crippen LogP contribution in [0.25, 0.3) is 0 Å². The van der Waals surface area contributed by atoms with E-state index in [-0.39, 0.29) is 0 Å². The van der Waals surface area contributed by atoms with Gasteiger partial charge >= 0.3 is 5.97 Å². The van der Waals surface area contributed by atoms with Crippen LogP contribution >= 0.6 is 0 Å². The summed E-state index contributed by atoms with van der Waals surface area (Å²) in [5, 5.41) is 12.2. The molecule has 0 aliphatic heterocycles. The fourth-order valence-corrected chi connectivity index (χ4v) is 0.988. The lowest BCUT2D eigenvalue weighted by molar-refractivity contribution is -0.143. The molecule has 0 aliphatic rings. The molecule has 0 fully saturated rings. The van der Waals surface area contributed by atoms with Gasteiger partial charge in [0.1, 0.15) is 6.04 Å². The third-order valence-corrected chi connectivity index (χ3v) is 1.88. The molecule has 0 aromatic carbocycles. The fraction of sp³-hybridized carbons (Fsp3) is 0.700. The van der Waals surface area contributed by atoms with Gasteiger partial charge in [0.15, 0.2) is 0 Å². The molecule has 0 bridgehead atoms. The van der Waals surface area contributed by atoms with Crippen molar-refractivity contribution >= 4 is 5.97 Å². The minimum absolute atomic E-state index is 0.452. The summed E-state index contributed by atoms with van der Waals surface area (Å²) in [4.78, 5) is 11.4. The molecule has 82 valence electrons. The summed E-state index contributed by atoms with van der Waals surface area (Å²) >= 11 is 0. The number of esters is 1. The molecule has 0 saturated carbocycles. The van der Waals surface area contributed by atoms with Crippen LogP contribution in [-0.4, -0.2) is 30.3 Å². The average Bonchev–Trinajstić information content (AvgIpc) is 2.19. The zero-order valence-corrected chi connectivity index (χ0v) is 8.99. The van der Waals surface area contributed by atoms with E-state index < -0.39 is 18.1 Å². The van der Waals surface area contributed by atoms with Crippen LogP contribution in [0.2, 0.25) is 0 Å². The Morgan fingerprint density at radius 3 is 2.64 bits per heavy atom. The summed E-state index contributed by atoms with van der Waals surface area (Å²) in [5.41, 5.74) is 0. The largest absolute Gasteiger partial charge is 0.434 e. The number of allylic oxidation sites excluding steroid dienone is 1. The standard InChI is InChI=1S/C10H19NO3/c1-4-6-7-14-10(13)9(11-3)8(12)5-2/h6-9,11-12H,4-5H2,1-3H3/t8-,9+/m1/s1. The Labute approximate surface area is 85.0 Å². The van der Waals surface area contributed by atoms with Crippen molar-refractivity contribution in [2.45, 2.75) is 38.8 Å². The molecule has 0 spiro atoms. The molecule has 2 atom stereocenters. The molecule has 4 heteroatoms. The molecule has 0 aromatic heterocycles. The van der Waals surface area contributed by atoms with Crippen LogP contribution in [0.15, 0.2) is 12.3 Å². The number of ether oxygens (including phenoxy) is 1. The first kappa shape index (κ1) is 13.1. The molecule has 0 unspecified atom stereocenters. The van der Waals surface area contributed by atoms with Gasteiger partial charge in [0.05, 0.1) is 12.4 Å². The highest BCUT2D eigenvalue weighted by atomic mass is 16.5. The Hall–Kier alpha value is -0.870. The average molecular weight is 201 g/mol. The van der Waals surface area contributed by atoms with Gasteiger partial charge in [-0.25, -0.2) is 4.79 Å². The Morgan fingerprint density at radius 2 is 2.21 bits per heavy atom. The van der Waals surface area contributed by atoms with Gasteiger partial charge in [0.2, 0.25) is 0 Å². The maximum absolute atomic E-state index is 11.4. The van der Waals surface area contributed by atoms with Crippen LogP contribution in [-0.2, 0) is 9.53 Å². The third-order valence-electron chi connectivity index (χ3n) is 1.88. The molecule has 0 rings (SSSR count). The van der Waals surface area contributed by atoms with E-state index in [9.17, 15) is 9.90 Å². The molecule has 0 radical (unpaired) electrons. The first-order valence-electron chi connectivity index (χ1n) is 4.88. The van der Waals surface area contributed by atoms with Crippen LogP contribution in [0.1, 0.15) is 26.7 Å². The molecule has 4 nitrogen and oxygen atoms in total. The lowest BCUT2D eigenvalue weighted by Crippen LogP contribution is -2.44. The first-order chi connectivity index (χ1) is 6.67. The first-order valence-corrected chi connectivity index (χ1v) is 4.88. The van der Waals surface area contributed by atoms with Gasteiger partial charge in [-0.2, -0.15) is 0 Å². The normalized spacial score (nSPS) is 15.4. The van der Waals surface area contributed by atoms with Crippen molar-refractivity contribution in [2.24, 2.45) is 0 Å². The van der Waals surface area contributed by atoms with E-state index in [0.717, 1.165) is 6.42 Å². The fourth-order valence-electron chi connectivity index (χ4n) is 0.988. The molecule has 0 saturated heterocycles. The minimum atomic E-state index is -0.706. The van der Waals surface area contributed by atoms with Crippen molar-refractivity contribution in [2.75, 3.05) is 7.05 Å². The SMILES string of the molecule is CCC=COC(=O)[C@@H](NC)[C@H](O)CC. The van der Waals surface area contributed by atoms with Crippen molar-refractivity contribution in [1.29, 1.82) is 0 Å². The maximum Gasteiger partial charge on any atom is 0.330 e. The Morgan fingerprint density at radius 1 is 1.57 bits per heavy atom. The van der Waals surface area contributed by atoms with E-state index in [0.29, 0.717) is 6.42 Å². The van der Waals surface area contributed by atoms with Crippen LogP contribution in [0.3, 0.4) is 0 Å². The summed E-state index contributed by atoms with van der Waals surface area (Å²) in [7, 11) is 1.62. The second-order valence-electron chi connectivity index (χ2n) is 2.96. The number of nitrogens with one attached hydrogen (secondary N) is 1. The molecular formula is C10H19NO3. The Bertz CT molecular complexity index is 192. The predicted molar refractivity (Wildman–Crippen MR) is 54.7 cm³/mol. The molecule has 14 heavy (non-hydrogen) atoms. The van der Waals surface area contributed by atoms with E-state index in [2.05, 4.69) is 5.32 Å². The number of hydrogen-bond acceptors (Lipinski definition) is 4. The van der Waals surface area contributed by atoms with Gasteiger partial charge in [-0.3, -0.25) is 0 Å². The van der Waals surface area contributed by atoms with Crippen molar-refractivity contribution in [3.8, 4) is 0 Å². The van der Waals surface area contributed by atoms with Gasteiger partial charge in [-0.15, -0.1) is 0 Å². The second-order valence-corrected chi connectivity index (χ2v) is 2.96. The quantitative estimate of drug-likeness (QED) is 0.493. The summed E-state index contributed by atoms with van der Waals surface area (Å²) in [6.45, 7) is 3.75. The second kappa shape index (κ2) is 7.53. The number of rotatable bonds is 6. The van der Waals surface area contributed by atoms with E-state index in [4.69, 9.17) is 4.74 Å². The van der Waals surface area contributed by atoms with Crippen LogP contribution in [0.4, 0.5) is 0 Å². The molecular weight excluding hydrogens is 182 g/mol. The van der Waals surface area contributed by atoms with E-state index in [1.54, 1.807) is 13.1 Å². The van der Waals surface area contributed by atoms with Gasteiger partial charge < -0.3 is 15.2 Å². The summed E-state index contributed by atoms with van der Waals surface area (Å²) in [6.07, 6.45) is 3.71. The molecule has 0 aromatic rings. The summed E-state index contributed by atoms with van der Waals surface area (Å²) < 4.78 is 4.82. The van der Waals surface area contributed by atoms with Crippen molar-refractivity contribution in [3.63, 3.8) is 0 Å². The van der Waals surface area contributed by atoms with Crippen LogP contribution < -0.4 is 5.32 Å². The van der Waals surface area contributed by atoms with Gasteiger partial charge in [0, 0.05) is 0 Å². The molecule has 0 aliphatic carbocycles. The van der Waals surface area contributed by atoms with Crippen molar-refractivity contribution in [3.05, 3.63) is 12.3 Å². The zero-order chi connectivity index (χ0) is 11.0. The lowest BCUT2D eigenvalue weighted by atomic mass is 10.1. The smallest absolute Gasteiger partial charge is 0.330 e. The highest BCUT2D eigenvalue weighted by Gasteiger charge is 2.24. The number of hydrogen-bond donors (Lipinski definition) is 2. The zero-order valence-electron chi connectivity index (χ0n) is 8.99. The molecule has 2 N–H and O–H groups in total. The number of likely N-dealkylation sites (N-methyl/N-ethyl adjacent to an activating group) is 1. The number of aliphatic hydroxyl groups excluding tert-OH is 1. The highest BCUT2D eigenvalue weighted by molar-refractivity contribution is 5.77. The van der Waals surface area contributed by atoms with Gasteiger partial charge in [-0.1, -0.05) is 13.8 Å². The van der Waals surface area contributed by atoms with Gasteiger partial charge in [0.25, 0.3) is 0 Å². The van der Waals surface area contributed by atoms with Crippen LogP contribution in [0.5, 0.6) is 0 Å². The Kier molecular flexibility index (Phi) is 7.06. The summed E-state index contributed by atoms with van der Waals surface area (Å²) in [5.74, 6) is -0.452. The monoisotopic (exact) mass is 201 g/mol. The molecule has 0 amide bonds. The number of carbonyl (C=O) groups excluding carboxylic acids is 1. The van der Waals surface area contributed by atoms with E-state index in [1.807, 2.05) is 13.8 Å². The minimum Gasteiger partial charge on any atom is -0.434 e. The van der Waals surface area contributed by atoms with E-state index in [1.165, 1.54) is 6.26 Å². The number of carbonyl (C=O) groups is 1. The van der Waals surface area contributed by atoms with Crippen LogP contribution in [0, 0.1) is 0 Å². The third kappa shape index (κ3) is 4.39. The molecule has 0 heterocycles. The Balaban J connectivity index is 4.10. The van der Waals surface area contributed by atoms with Crippen molar-refractivity contribution in [1.82, 2.24) is 5.32 Å². The van der Waals surface area contributed by atoms with Crippen molar-refractivity contribution < 1.29 is 14.6 Å². The predicted octanol–water partition coefficient (Wildman–Crippen LogP) is 0.812.